The van der Waals surface area contributed by atoms with E-state index in [1.54, 1.807) is 36.3 Å². The van der Waals surface area contributed by atoms with Crippen molar-refractivity contribution in [3.8, 4) is 0 Å². The molecule has 1 fully saturated rings. The van der Waals surface area contributed by atoms with E-state index >= 15 is 0 Å². The second-order valence-electron chi connectivity index (χ2n) is 7.03. The lowest BCUT2D eigenvalue weighted by atomic mass is 10.0. The summed E-state index contributed by atoms with van der Waals surface area (Å²) >= 11 is 0. The van der Waals surface area contributed by atoms with Crippen molar-refractivity contribution in [3.05, 3.63) is 48.0 Å². The highest BCUT2D eigenvalue weighted by Gasteiger charge is 2.39. The number of likely N-dealkylation sites (tertiary alicyclic amines) is 1. The summed E-state index contributed by atoms with van der Waals surface area (Å²) in [4.78, 5) is 27.8. The second-order valence-corrected chi connectivity index (χ2v) is 7.03. The van der Waals surface area contributed by atoms with Gasteiger partial charge in [0.1, 0.15) is 0 Å². The Hall–Kier alpha value is -2.99. The Kier molecular flexibility index (Phi) is 9.14. The molecular weight excluding hydrogens is 433 g/mol. The van der Waals surface area contributed by atoms with Crippen LogP contribution in [-0.4, -0.2) is 81.8 Å². The zero-order chi connectivity index (χ0) is 23.7. The second kappa shape index (κ2) is 11.6. The first-order valence-electron chi connectivity index (χ1n) is 9.72. The Morgan fingerprint density at radius 2 is 2.00 bits per heavy atom. The number of ether oxygens (including phenoxy) is 2. The van der Waals surface area contributed by atoms with Crippen LogP contribution in [0.3, 0.4) is 0 Å². The number of carboxylic acid groups (broad SMARTS) is 1. The molecule has 32 heavy (non-hydrogen) atoms. The first-order valence-corrected chi connectivity index (χ1v) is 9.72. The van der Waals surface area contributed by atoms with Crippen molar-refractivity contribution in [3.63, 3.8) is 0 Å². The van der Waals surface area contributed by atoms with Gasteiger partial charge in [0, 0.05) is 39.3 Å². The van der Waals surface area contributed by atoms with Crippen LogP contribution in [0.2, 0.25) is 0 Å². The van der Waals surface area contributed by atoms with Gasteiger partial charge in [-0.05, 0) is 30.5 Å². The van der Waals surface area contributed by atoms with Gasteiger partial charge in [0.2, 0.25) is 0 Å². The molecule has 12 heteroatoms. The number of halogens is 3. The van der Waals surface area contributed by atoms with Gasteiger partial charge < -0.3 is 19.5 Å². The topological polar surface area (TPSA) is 107 Å². The van der Waals surface area contributed by atoms with E-state index in [4.69, 9.17) is 19.4 Å². The van der Waals surface area contributed by atoms with E-state index in [1.807, 2.05) is 24.3 Å². The van der Waals surface area contributed by atoms with Gasteiger partial charge in [0.05, 0.1) is 37.1 Å². The van der Waals surface area contributed by atoms with Crippen LogP contribution in [0.25, 0.3) is 0 Å². The molecule has 2 atom stereocenters. The molecule has 3 heterocycles. The third-order valence-corrected chi connectivity index (χ3v) is 4.72. The van der Waals surface area contributed by atoms with Gasteiger partial charge in [-0.15, -0.1) is 0 Å². The van der Waals surface area contributed by atoms with Crippen LogP contribution in [0.5, 0.6) is 0 Å². The van der Waals surface area contributed by atoms with E-state index in [9.17, 15) is 18.0 Å². The molecule has 0 unspecified atom stereocenters. The molecule has 1 aliphatic rings. The van der Waals surface area contributed by atoms with Crippen LogP contribution < -0.4 is 0 Å². The number of aliphatic carboxylic acids is 1. The molecular formula is C20H25F3N4O5. The SMILES string of the molecule is COCCO[C@H]1CCN(C(=O)c2cccnc2)[C@H]1Cc1cnn(C)c1.O=C(O)C(F)(F)F. The number of carboxylic acids is 1. The Bertz CT molecular complexity index is 876. The van der Waals surface area contributed by atoms with Crippen molar-refractivity contribution in [2.75, 3.05) is 26.9 Å². The van der Waals surface area contributed by atoms with Gasteiger partial charge in [-0.3, -0.25) is 14.5 Å². The number of rotatable bonds is 7. The van der Waals surface area contributed by atoms with Gasteiger partial charge in [0.15, 0.2) is 0 Å². The average Bonchev–Trinajstić information content (AvgIpc) is 3.34. The van der Waals surface area contributed by atoms with E-state index < -0.39 is 12.1 Å². The number of hydrogen-bond acceptors (Lipinski definition) is 6. The monoisotopic (exact) mass is 458 g/mol. The molecule has 0 bridgehead atoms. The highest BCUT2D eigenvalue weighted by molar-refractivity contribution is 5.94. The quantitative estimate of drug-likeness (QED) is 0.632. The minimum absolute atomic E-state index is 0.000156. The summed E-state index contributed by atoms with van der Waals surface area (Å²) in [5.41, 5.74) is 1.70. The first-order chi connectivity index (χ1) is 15.1. The summed E-state index contributed by atoms with van der Waals surface area (Å²) in [6, 6.07) is 3.57. The standard InChI is InChI=1S/C18H24N4O3.C2HF3O2/c1-21-13-14(11-20-21)10-16-17(25-9-8-24-2)5-7-22(16)18(23)15-4-3-6-19-12-15;3-2(4,5)1(6)7/h3-4,6,11-13,16-17H,5,7-10H2,1-2H3;(H,6,7)/t16-,17-;/m0./s1. The van der Waals surface area contributed by atoms with Crippen LogP contribution in [0.4, 0.5) is 13.2 Å². The molecule has 0 radical (unpaired) electrons. The maximum absolute atomic E-state index is 12.9. The van der Waals surface area contributed by atoms with Crippen molar-refractivity contribution in [1.82, 2.24) is 19.7 Å². The van der Waals surface area contributed by atoms with Crippen LogP contribution in [0.1, 0.15) is 22.3 Å². The Morgan fingerprint density at radius 3 is 2.53 bits per heavy atom. The van der Waals surface area contributed by atoms with Gasteiger partial charge >= 0.3 is 12.1 Å². The predicted molar refractivity (Wildman–Crippen MR) is 106 cm³/mol. The van der Waals surface area contributed by atoms with E-state index in [1.165, 1.54) is 0 Å². The highest BCUT2D eigenvalue weighted by atomic mass is 19.4. The molecule has 0 saturated carbocycles. The summed E-state index contributed by atoms with van der Waals surface area (Å²) in [5.74, 6) is -2.76. The number of aromatic nitrogens is 3. The van der Waals surface area contributed by atoms with Gasteiger partial charge in [0.25, 0.3) is 5.91 Å². The molecule has 0 spiro atoms. The van der Waals surface area contributed by atoms with Crippen molar-refractivity contribution in [2.45, 2.75) is 31.2 Å². The zero-order valence-electron chi connectivity index (χ0n) is 17.7. The fourth-order valence-electron chi connectivity index (χ4n) is 3.27. The lowest BCUT2D eigenvalue weighted by Gasteiger charge is -2.28. The number of amides is 1. The molecule has 1 aliphatic heterocycles. The Labute approximate surface area is 182 Å². The zero-order valence-corrected chi connectivity index (χ0v) is 17.7. The summed E-state index contributed by atoms with van der Waals surface area (Å²) in [6.45, 7) is 1.75. The molecule has 2 aromatic rings. The number of carbonyl (C=O) groups is 2. The lowest BCUT2D eigenvalue weighted by Crippen LogP contribution is -2.42. The van der Waals surface area contributed by atoms with Gasteiger partial charge in [-0.2, -0.15) is 18.3 Å². The number of methoxy groups -OCH3 is 1. The molecule has 0 aliphatic carbocycles. The van der Waals surface area contributed by atoms with E-state index in [0.717, 1.165) is 18.4 Å². The average molecular weight is 458 g/mol. The van der Waals surface area contributed by atoms with Crippen LogP contribution in [-0.2, 0) is 27.7 Å². The molecule has 176 valence electrons. The van der Waals surface area contributed by atoms with Crippen LogP contribution in [0, 0.1) is 0 Å². The van der Waals surface area contributed by atoms with Crippen LogP contribution >= 0.6 is 0 Å². The van der Waals surface area contributed by atoms with Gasteiger partial charge in [-0.1, -0.05) is 0 Å². The number of carbonyl (C=O) groups excluding carboxylic acids is 1. The van der Waals surface area contributed by atoms with Gasteiger partial charge in [-0.25, -0.2) is 4.79 Å². The fourth-order valence-corrected chi connectivity index (χ4v) is 3.27. The summed E-state index contributed by atoms with van der Waals surface area (Å²) in [7, 11) is 3.55. The summed E-state index contributed by atoms with van der Waals surface area (Å²) in [6.07, 6.45) is 3.57. The minimum Gasteiger partial charge on any atom is -0.475 e. The fraction of sp³-hybridized carbons (Fsp3) is 0.500. The Balaban J connectivity index is 0.000000451. The van der Waals surface area contributed by atoms with Crippen molar-refractivity contribution < 1.29 is 37.3 Å². The van der Waals surface area contributed by atoms with Crippen LogP contribution in [0.15, 0.2) is 36.9 Å². The first kappa shape index (κ1) is 25.3. The van der Waals surface area contributed by atoms with Crippen molar-refractivity contribution in [1.29, 1.82) is 0 Å². The molecule has 3 rings (SSSR count). The number of nitrogens with zero attached hydrogens (tertiary/aromatic N) is 4. The van der Waals surface area contributed by atoms with Crippen molar-refractivity contribution >= 4 is 11.9 Å². The molecule has 9 nitrogen and oxygen atoms in total. The van der Waals surface area contributed by atoms with E-state index in [0.29, 0.717) is 25.3 Å². The highest BCUT2D eigenvalue weighted by Crippen LogP contribution is 2.26. The largest absolute Gasteiger partial charge is 0.490 e. The molecule has 1 saturated heterocycles. The minimum atomic E-state index is -5.08. The summed E-state index contributed by atoms with van der Waals surface area (Å²) < 4.78 is 44.6. The Morgan fingerprint density at radius 1 is 1.28 bits per heavy atom. The third kappa shape index (κ3) is 7.31. The molecule has 1 amide bonds. The normalized spacial score (nSPS) is 18.2. The maximum Gasteiger partial charge on any atom is 0.490 e. The third-order valence-electron chi connectivity index (χ3n) is 4.72. The number of hydrogen-bond donors (Lipinski definition) is 1. The number of aryl methyl sites for hydroxylation is 1. The van der Waals surface area contributed by atoms with E-state index in [-0.39, 0.29) is 18.1 Å². The number of pyridine rings is 1. The number of alkyl halides is 3. The van der Waals surface area contributed by atoms with Crippen molar-refractivity contribution in [2.24, 2.45) is 7.05 Å². The lowest BCUT2D eigenvalue weighted by molar-refractivity contribution is -0.192. The maximum atomic E-state index is 12.9. The summed E-state index contributed by atoms with van der Waals surface area (Å²) in [5, 5.41) is 11.4. The molecule has 2 aromatic heterocycles. The van der Waals surface area contributed by atoms with E-state index in [2.05, 4.69) is 10.1 Å². The molecule has 1 N–H and O–H groups in total. The predicted octanol–water partition coefficient (Wildman–Crippen LogP) is 1.94. The smallest absolute Gasteiger partial charge is 0.475 e. The molecule has 0 aromatic carbocycles.